The van der Waals surface area contributed by atoms with E-state index in [2.05, 4.69) is 5.32 Å². The van der Waals surface area contributed by atoms with Crippen LogP contribution in [0.5, 0.6) is 11.5 Å². The summed E-state index contributed by atoms with van der Waals surface area (Å²) in [6.07, 6.45) is 0. The summed E-state index contributed by atoms with van der Waals surface area (Å²) < 4.78 is 10.8. The number of nitrogens with zero attached hydrogens (tertiary/aromatic N) is 2. The van der Waals surface area contributed by atoms with Crippen molar-refractivity contribution in [1.82, 2.24) is 9.97 Å². The molecule has 0 spiro atoms. The van der Waals surface area contributed by atoms with Crippen LogP contribution < -0.4 is 14.8 Å². The fourth-order valence-corrected chi connectivity index (χ4v) is 3.30. The highest BCUT2D eigenvalue weighted by Gasteiger charge is 2.14. The van der Waals surface area contributed by atoms with Gasteiger partial charge in [-0.05, 0) is 54.1 Å². The Morgan fingerprint density at radius 2 is 1.71 bits per heavy atom. The van der Waals surface area contributed by atoms with E-state index in [9.17, 15) is 0 Å². The Morgan fingerprint density at radius 1 is 0.893 bits per heavy atom. The number of hydrogen-bond donors (Lipinski definition) is 1. The molecule has 3 aromatic carbocycles. The van der Waals surface area contributed by atoms with E-state index in [0.717, 1.165) is 39.3 Å². The van der Waals surface area contributed by atoms with E-state index in [-0.39, 0.29) is 6.79 Å². The minimum Gasteiger partial charge on any atom is -0.454 e. The van der Waals surface area contributed by atoms with Gasteiger partial charge in [-0.25, -0.2) is 9.97 Å². The Labute approximate surface area is 166 Å². The average molecular weight is 390 g/mol. The third-order valence-electron chi connectivity index (χ3n) is 4.60. The Morgan fingerprint density at radius 3 is 2.61 bits per heavy atom. The van der Waals surface area contributed by atoms with Gasteiger partial charge in [0.15, 0.2) is 17.3 Å². The van der Waals surface area contributed by atoms with Crippen LogP contribution in [-0.4, -0.2) is 16.8 Å². The first-order valence-electron chi connectivity index (χ1n) is 8.91. The molecule has 138 valence electrons. The molecule has 1 N–H and O–H groups in total. The number of benzene rings is 3. The summed E-state index contributed by atoms with van der Waals surface area (Å²) in [6, 6.07) is 21.4. The average Bonchev–Trinajstić information content (AvgIpc) is 3.20. The Balaban J connectivity index is 1.49. The van der Waals surface area contributed by atoms with Crippen molar-refractivity contribution in [3.8, 4) is 22.9 Å². The van der Waals surface area contributed by atoms with Crippen LogP contribution in [0.3, 0.4) is 0 Å². The van der Waals surface area contributed by atoms with Crippen LogP contribution in [0.25, 0.3) is 22.3 Å². The van der Waals surface area contributed by atoms with Crippen molar-refractivity contribution in [2.75, 3.05) is 12.1 Å². The van der Waals surface area contributed by atoms with Gasteiger partial charge in [0, 0.05) is 22.5 Å². The van der Waals surface area contributed by atoms with Crippen molar-refractivity contribution >= 4 is 28.3 Å². The number of fused-ring (bicyclic) bond motifs is 2. The van der Waals surface area contributed by atoms with E-state index >= 15 is 0 Å². The lowest BCUT2D eigenvalue weighted by molar-refractivity contribution is 0.174. The number of hydrogen-bond acceptors (Lipinski definition) is 5. The summed E-state index contributed by atoms with van der Waals surface area (Å²) in [6.45, 7) is 0.880. The molecule has 0 aliphatic carbocycles. The monoisotopic (exact) mass is 389 g/mol. The molecule has 0 atom stereocenters. The molecule has 1 aliphatic heterocycles. The van der Waals surface area contributed by atoms with Gasteiger partial charge in [-0.1, -0.05) is 29.8 Å². The molecular formula is C22H16ClN3O2. The van der Waals surface area contributed by atoms with Crippen LogP contribution in [0.1, 0.15) is 5.56 Å². The van der Waals surface area contributed by atoms with Gasteiger partial charge in [0.05, 0.1) is 5.52 Å². The van der Waals surface area contributed by atoms with E-state index in [1.807, 2.05) is 66.7 Å². The Bertz CT molecular complexity index is 1160. The predicted molar refractivity (Wildman–Crippen MR) is 110 cm³/mol. The van der Waals surface area contributed by atoms with Crippen molar-refractivity contribution < 1.29 is 9.47 Å². The SMILES string of the molecule is Clc1ccc(-c2nc(NCc3ccc4c(c3)OCO4)c3ccccc3n2)cc1. The quantitative estimate of drug-likeness (QED) is 0.514. The molecule has 1 aromatic heterocycles. The maximum Gasteiger partial charge on any atom is 0.231 e. The van der Waals surface area contributed by atoms with Crippen molar-refractivity contribution in [2.24, 2.45) is 0 Å². The molecule has 0 amide bonds. The maximum atomic E-state index is 6.01. The second-order valence-electron chi connectivity index (χ2n) is 6.46. The number of rotatable bonds is 4. The molecule has 5 nitrogen and oxygen atoms in total. The number of aromatic nitrogens is 2. The second kappa shape index (κ2) is 7.02. The second-order valence-corrected chi connectivity index (χ2v) is 6.90. The van der Waals surface area contributed by atoms with Gasteiger partial charge in [0.1, 0.15) is 5.82 Å². The molecule has 0 radical (unpaired) electrons. The maximum absolute atomic E-state index is 6.01. The summed E-state index contributed by atoms with van der Waals surface area (Å²) in [5.74, 6) is 2.99. The van der Waals surface area contributed by atoms with Crippen LogP contribution in [0.15, 0.2) is 66.7 Å². The van der Waals surface area contributed by atoms with Crippen LogP contribution in [0.4, 0.5) is 5.82 Å². The minimum atomic E-state index is 0.271. The van der Waals surface area contributed by atoms with E-state index < -0.39 is 0 Å². The minimum absolute atomic E-state index is 0.271. The van der Waals surface area contributed by atoms with Crippen LogP contribution in [0, 0.1) is 0 Å². The lowest BCUT2D eigenvalue weighted by atomic mass is 10.1. The molecule has 5 rings (SSSR count). The zero-order valence-electron chi connectivity index (χ0n) is 14.9. The van der Waals surface area contributed by atoms with E-state index in [1.54, 1.807) is 0 Å². The van der Waals surface area contributed by atoms with E-state index in [1.165, 1.54) is 0 Å². The van der Waals surface area contributed by atoms with Crippen LogP contribution >= 0.6 is 11.6 Å². The topological polar surface area (TPSA) is 56.3 Å². The van der Waals surface area contributed by atoms with Gasteiger partial charge >= 0.3 is 0 Å². The summed E-state index contributed by atoms with van der Waals surface area (Å²) >= 11 is 6.01. The first-order chi connectivity index (χ1) is 13.8. The highest BCUT2D eigenvalue weighted by molar-refractivity contribution is 6.30. The zero-order valence-corrected chi connectivity index (χ0v) is 15.6. The van der Waals surface area contributed by atoms with Crippen LogP contribution in [0.2, 0.25) is 5.02 Å². The van der Waals surface area contributed by atoms with Gasteiger partial charge in [-0.3, -0.25) is 0 Å². The first-order valence-corrected chi connectivity index (χ1v) is 9.29. The predicted octanol–water partition coefficient (Wildman–Crippen LogP) is 5.29. The smallest absolute Gasteiger partial charge is 0.231 e. The molecule has 28 heavy (non-hydrogen) atoms. The third-order valence-corrected chi connectivity index (χ3v) is 4.85. The summed E-state index contributed by atoms with van der Waals surface area (Å²) in [5, 5.41) is 5.10. The standard InChI is InChI=1S/C22H16ClN3O2/c23-16-8-6-15(7-9-16)21-25-18-4-2-1-3-17(18)22(26-21)24-12-14-5-10-19-20(11-14)28-13-27-19/h1-11H,12-13H2,(H,24,25,26). The fraction of sp³-hybridized carbons (Fsp3) is 0.0909. The first kappa shape index (κ1) is 16.8. The van der Waals surface area contributed by atoms with Gasteiger partial charge in [-0.2, -0.15) is 0 Å². The third kappa shape index (κ3) is 3.21. The van der Waals surface area contributed by atoms with E-state index in [0.29, 0.717) is 17.4 Å². The lowest BCUT2D eigenvalue weighted by Gasteiger charge is -2.11. The van der Waals surface area contributed by atoms with E-state index in [4.69, 9.17) is 31.0 Å². The molecule has 2 heterocycles. The Hall–Kier alpha value is -3.31. The molecular weight excluding hydrogens is 374 g/mol. The van der Waals surface area contributed by atoms with Gasteiger partial charge in [0.25, 0.3) is 0 Å². The normalized spacial score (nSPS) is 12.3. The number of nitrogens with one attached hydrogen (secondary N) is 1. The molecule has 0 saturated heterocycles. The zero-order chi connectivity index (χ0) is 18.9. The number of anilines is 1. The largest absolute Gasteiger partial charge is 0.454 e. The summed E-state index contributed by atoms with van der Waals surface area (Å²) in [5.41, 5.74) is 2.89. The lowest BCUT2D eigenvalue weighted by Crippen LogP contribution is -2.04. The number of para-hydroxylation sites is 1. The number of halogens is 1. The van der Waals surface area contributed by atoms with Crippen LogP contribution in [-0.2, 0) is 6.54 Å². The fourth-order valence-electron chi connectivity index (χ4n) is 3.18. The molecule has 0 saturated carbocycles. The van der Waals surface area contributed by atoms with Crippen molar-refractivity contribution in [2.45, 2.75) is 6.54 Å². The van der Waals surface area contributed by atoms with Gasteiger partial charge < -0.3 is 14.8 Å². The number of ether oxygens (including phenoxy) is 2. The van der Waals surface area contributed by atoms with Gasteiger partial charge in [0.2, 0.25) is 6.79 Å². The summed E-state index contributed by atoms with van der Waals surface area (Å²) in [4.78, 5) is 9.47. The van der Waals surface area contributed by atoms with Crippen molar-refractivity contribution in [3.05, 3.63) is 77.3 Å². The molecule has 0 bridgehead atoms. The molecule has 1 aliphatic rings. The van der Waals surface area contributed by atoms with Gasteiger partial charge in [-0.15, -0.1) is 0 Å². The van der Waals surface area contributed by atoms with Crippen molar-refractivity contribution in [1.29, 1.82) is 0 Å². The molecule has 4 aromatic rings. The van der Waals surface area contributed by atoms with Crippen molar-refractivity contribution in [3.63, 3.8) is 0 Å². The highest BCUT2D eigenvalue weighted by atomic mass is 35.5. The molecule has 0 unspecified atom stereocenters. The molecule has 0 fully saturated rings. The summed E-state index contributed by atoms with van der Waals surface area (Å²) in [7, 11) is 0. The Kier molecular flexibility index (Phi) is 4.22. The molecule has 6 heteroatoms. The highest BCUT2D eigenvalue weighted by Crippen LogP contribution is 2.33.